The Labute approximate surface area is 117 Å². The molecule has 19 heavy (non-hydrogen) atoms. The number of nitrogens with zero attached hydrogens (tertiary/aromatic N) is 2. The lowest BCUT2D eigenvalue weighted by molar-refractivity contribution is 0.414. The van der Waals surface area contributed by atoms with Crippen LogP contribution in [0.2, 0.25) is 0 Å². The maximum absolute atomic E-state index is 5.94. The van der Waals surface area contributed by atoms with Crippen molar-refractivity contribution in [2.45, 2.75) is 29.7 Å². The van der Waals surface area contributed by atoms with Crippen LogP contribution in [-0.2, 0) is 0 Å². The molecule has 2 aromatic rings. The first-order valence-corrected chi connectivity index (χ1v) is 6.85. The van der Waals surface area contributed by atoms with E-state index >= 15 is 0 Å². The van der Waals surface area contributed by atoms with E-state index in [9.17, 15) is 0 Å². The first kappa shape index (κ1) is 13.7. The number of ether oxygens (including phenoxy) is 1. The molecule has 0 spiro atoms. The summed E-state index contributed by atoms with van der Waals surface area (Å²) in [6.07, 6.45) is 1.51. The number of benzene rings is 1. The quantitative estimate of drug-likeness (QED) is 0.867. The average Bonchev–Trinajstić information content (AvgIpc) is 2.39. The molecule has 0 saturated carbocycles. The summed E-state index contributed by atoms with van der Waals surface area (Å²) in [6, 6.07) is 7.88. The summed E-state index contributed by atoms with van der Waals surface area (Å²) in [6.45, 7) is 4.18. The largest absolute Gasteiger partial charge is 0.497 e. The van der Waals surface area contributed by atoms with Crippen molar-refractivity contribution in [1.29, 1.82) is 0 Å². The van der Waals surface area contributed by atoms with Gasteiger partial charge in [-0.3, -0.25) is 0 Å². The fraction of sp³-hybridized carbons (Fsp3) is 0.286. The zero-order valence-electron chi connectivity index (χ0n) is 11.3. The lowest BCUT2D eigenvalue weighted by Crippen LogP contribution is -2.03. The highest BCUT2D eigenvalue weighted by Crippen LogP contribution is 2.34. The number of hydrogen-bond donors (Lipinski definition) is 1. The Kier molecular flexibility index (Phi) is 4.27. The van der Waals surface area contributed by atoms with Crippen LogP contribution in [0.15, 0.2) is 40.5 Å². The lowest BCUT2D eigenvalue weighted by atomic mass is 10.1. The van der Waals surface area contributed by atoms with E-state index in [4.69, 9.17) is 10.5 Å². The maximum Gasteiger partial charge on any atom is 0.131 e. The number of anilines is 1. The van der Waals surface area contributed by atoms with Crippen molar-refractivity contribution in [3.05, 3.63) is 36.2 Å². The van der Waals surface area contributed by atoms with Gasteiger partial charge in [-0.15, -0.1) is 0 Å². The molecule has 100 valence electrons. The molecule has 0 unspecified atom stereocenters. The predicted octanol–water partition coefficient (Wildman–Crippen LogP) is 3.34. The van der Waals surface area contributed by atoms with E-state index < -0.39 is 0 Å². The molecule has 0 fully saturated rings. The van der Waals surface area contributed by atoms with Crippen molar-refractivity contribution >= 4 is 17.6 Å². The minimum Gasteiger partial charge on any atom is -0.497 e. The molecule has 2 N–H and O–H groups in total. The van der Waals surface area contributed by atoms with E-state index in [0.29, 0.717) is 11.7 Å². The van der Waals surface area contributed by atoms with E-state index in [1.807, 2.05) is 24.3 Å². The zero-order valence-corrected chi connectivity index (χ0v) is 12.1. The van der Waals surface area contributed by atoms with Gasteiger partial charge in [0, 0.05) is 10.5 Å². The number of methoxy groups -OCH3 is 1. The molecule has 0 aliphatic rings. The van der Waals surface area contributed by atoms with Crippen LogP contribution in [0, 0.1) is 0 Å². The third-order valence-corrected chi connectivity index (χ3v) is 3.76. The monoisotopic (exact) mass is 275 g/mol. The Morgan fingerprint density at radius 3 is 2.42 bits per heavy atom. The minimum absolute atomic E-state index is 0.293. The van der Waals surface area contributed by atoms with Gasteiger partial charge >= 0.3 is 0 Å². The standard InChI is InChI=1S/C14H17N3OS/c1-9(2)12-13(15)16-8-17-14(12)19-11-6-4-10(18-3)5-7-11/h4-9H,1-3H3,(H2,15,16,17). The molecule has 1 aromatic heterocycles. The van der Waals surface area contributed by atoms with Crippen LogP contribution in [-0.4, -0.2) is 17.1 Å². The molecule has 0 aliphatic heterocycles. The summed E-state index contributed by atoms with van der Waals surface area (Å²) in [5.41, 5.74) is 6.94. The Morgan fingerprint density at radius 2 is 1.84 bits per heavy atom. The van der Waals surface area contributed by atoms with Crippen LogP contribution in [0.25, 0.3) is 0 Å². The third-order valence-electron chi connectivity index (χ3n) is 2.73. The summed E-state index contributed by atoms with van der Waals surface area (Å²) in [4.78, 5) is 9.50. The maximum atomic E-state index is 5.94. The predicted molar refractivity (Wildman–Crippen MR) is 77.7 cm³/mol. The fourth-order valence-electron chi connectivity index (χ4n) is 1.77. The van der Waals surface area contributed by atoms with Crippen LogP contribution in [0.4, 0.5) is 5.82 Å². The van der Waals surface area contributed by atoms with Crippen LogP contribution in [0.5, 0.6) is 5.75 Å². The molecule has 4 nitrogen and oxygen atoms in total. The van der Waals surface area contributed by atoms with E-state index in [0.717, 1.165) is 21.2 Å². The molecule has 5 heteroatoms. The molecule has 0 radical (unpaired) electrons. The van der Waals surface area contributed by atoms with Crippen molar-refractivity contribution < 1.29 is 4.74 Å². The summed E-state index contributed by atoms with van der Waals surface area (Å²) in [5, 5.41) is 0.910. The number of rotatable bonds is 4. The SMILES string of the molecule is COc1ccc(Sc2ncnc(N)c2C(C)C)cc1. The van der Waals surface area contributed by atoms with Crippen LogP contribution >= 0.6 is 11.8 Å². The summed E-state index contributed by atoms with van der Waals surface area (Å²) >= 11 is 1.59. The van der Waals surface area contributed by atoms with Gasteiger partial charge in [-0.05, 0) is 30.2 Å². The molecule has 2 rings (SSSR count). The van der Waals surface area contributed by atoms with Gasteiger partial charge in [0.1, 0.15) is 22.9 Å². The van der Waals surface area contributed by atoms with Gasteiger partial charge in [0.2, 0.25) is 0 Å². The first-order valence-electron chi connectivity index (χ1n) is 6.04. The number of hydrogen-bond acceptors (Lipinski definition) is 5. The molecule has 0 aliphatic carbocycles. The van der Waals surface area contributed by atoms with E-state index in [-0.39, 0.29) is 0 Å². The molecule has 0 amide bonds. The van der Waals surface area contributed by atoms with Crippen molar-refractivity contribution in [2.24, 2.45) is 0 Å². The Balaban J connectivity index is 2.29. The highest BCUT2D eigenvalue weighted by molar-refractivity contribution is 7.99. The topological polar surface area (TPSA) is 61.0 Å². The van der Waals surface area contributed by atoms with Gasteiger partial charge in [-0.2, -0.15) is 0 Å². The molecule has 0 saturated heterocycles. The van der Waals surface area contributed by atoms with Crippen molar-refractivity contribution in [3.8, 4) is 5.75 Å². The van der Waals surface area contributed by atoms with Crippen LogP contribution < -0.4 is 10.5 Å². The Hall–Kier alpha value is -1.75. The molecular weight excluding hydrogens is 258 g/mol. The highest BCUT2D eigenvalue weighted by atomic mass is 32.2. The second kappa shape index (κ2) is 5.93. The average molecular weight is 275 g/mol. The lowest BCUT2D eigenvalue weighted by Gasteiger charge is -2.12. The minimum atomic E-state index is 0.293. The molecule has 1 aromatic carbocycles. The number of nitrogen functional groups attached to an aromatic ring is 1. The smallest absolute Gasteiger partial charge is 0.131 e. The Bertz CT molecular complexity index is 555. The van der Waals surface area contributed by atoms with Crippen molar-refractivity contribution in [2.75, 3.05) is 12.8 Å². The molecule has 0 atom stereocenters. The molecule has 1 heterocycles. The van der Waals surface area contributed by atoms with Gasteiger partial charge in [0.05, 0.1) is 7.11 Å². The highest BCUT2D eigenvalue weighted by Gasteiger charge is 2.13. The fourth-order valence-corrected chi connectivity index (χ4v) is 2.82. The summed E-state index contributed by atoms with van der Waals surface area (Å²) in [5.74, 6) is 1.69. The number of nitrogens with two attached hydrogens (primary N) is 1. The molecular formula is C14H17N3OS. The van der Waals surface area contributed by atoms with E-state index in [2.05, 4.69) is 23.8 Å². The second-order valence-corrected chi connectivity index (χ2v) is 5.47. The third kappa shape index (κ3) is 3.17. The van der Waals surface area contributed by atoms with Gasteiger partial charge < -0.3 is 10.5 Å². The molecule has 0 bridgehead atoms. The summed E-state index contributed by atoms with van der Waals surface area (Å²) in [7, 11) is 1.66. The van der Waals surface area contributed by atoms with Crippen molar-refractivity contribution in [3.63, 3.8) is 0 Å². The van der Waals surface area contributed by atoms with E-state index in [1.165, 1.54) is 6.33 Å². The van der Waals surface area contributed by atoms with Gasteiger partial charge in [0.15, 0.2) is 0 Å². The van der Waals surface area contributed by atoms with Gasteiger partial charge in [-0.25, -0.2) is 9.97 Å². The number of aromatic nitrogens is 2. The van der Waals surface area contributed by atoms with Crippen LogP contribution in [0.1, 0.15) is 25.3 Å². The van der Waals surface area contributed by atoms with Crippen molar-refractivity contribution in [1.82, 2.24) is 9.97 Å². The first-order chi connectivity index (χ1) is 9.11. The van der Waals surface area contributed by atoms with E-state index in [1.54, 1.807) is 18.9 Å². The zero-order chi connectivity index (χ0) is 13.8. The Morgan fingerprint density at radius 1 is 1.16 bits per heavy atom. The summed E-state index contributed by atoms with van der Waals surface area (Å²) < 4.78 is 5.15. The van der Waals surface area contributed by atoms with Gasteiger partial charge in [-0.1, -0.05) is 25.6 Å². The second-order valence-electron chi connectivity index (χ2n) is 4.41. The normalized spacial score (nSPS) is 10.7. The van der Waals surface area contributed by atoms with Gasteiger partial charge in [0.25, 0.3) is 0 Å². The van der Waals surface area contributed by atoms with Crippen LogP contribution in [0.3, 0.4) is 0 Å².